The lowest BCUT2D eigenvalue weighted by molar-refractivity contribution is -0.127. The van der Waals surface area contributed by atoms with Gasteiger partial charge < -0.3 is 14.7 Å². The Morgan fingerprint density at radius 2 is 2.08 bits per heavy atom. The summed E-state index contributed by atoms with van der Waals surface area (Å²) in [5.74, 6) is -0.552. The van der Waals surface area contributed by atoms with Crippen molar-refractivity contribution < 1.29 is 18.5 Å². The number of amides is 2. The summed E-state index contributed by atoms with van der Waals surface area (Å²) < 4.78 is 18.1. The van der Waals surface area contributed by atoms with Gasteiger partial charge in [-0.15, -0.1) is 0 Å². The van der Waals surface area contributed by atoms with Crippen molar-refractivity contribution in [1.29, 1.82) is 0 Å². The molecule has 1 fully saturated rings. The number of likely N-dealkylation sites (tertiary alicyclic amines) is 1. The molecule has 0 spiro atoms. The predicted octanol–water partition coefficient (Wildman–Crippen LogP) is 2.56. The Morgan fingerprint density at radius 1 is 1.31 bits per heavy atom. The van der Waals surface area contributed by atoms with Crippen LogP contribution in [0.25, 0.3) is 6.08 Å². The summed E-state index contributed by atoms with van der Waals surface area (Å²) in [6, 6.07) is 7.65. The van der Waals surface area contributed by atoms with Gasteiger partial charge in [-0.25, -0.2) is 4.39 Å². The standard InChI is InChI=1S/C19H20FN3O3/c1-13-11-17(26-22-13)19(25)21-16-7-9-23(10-8-16)18(24)6-5-14-3-2-4-15(20)12-14/h2-6,11-12,16H,7-10H2,1H3,(H,21,25)/b6-5-. The number of benzene rings is 1. The third kappa shape index (κ3) is 4.56. The summed E-state index contributed by atoms with van der Waals surface area (Å²) in [6.07, 6.45) is 4.38. The van der Waals surface area contributed by atoms with Gasteiger partial charge in [-0.3, -0.25) is 9.59 Å². The number of aryl methyl sites for hydroxylation is 1. The molecule has 1 N–H and O–H groups in total. The second-order valence-corrected chi connectivity index (χ2v) is 6.29. The van der Waals surface area contributed by atoms with E-state index in [1.54, 1.807) is 36.1 Å². The maximum Gasteiger partial charge on any atom is 0.290 e. The number of aromatic nitrogens is 1. The maximum atomic E-state index is 13.1. The van der Waals surface area contributed by atoms with Gasteiger partial charge in [0.05, 0.1) is 5.69 Å². The summed E-state index contributed by atoms with van der Waals surface area (Å²) in [7, 11) is 0. The summed E-state index contributed by atoms with van der Waals surface area (Å²) in [5, 5.41) is 6.60. The molecule has 2 amide bonds. The molecule has 2 heterocycles. The lowest BCUT2D eigenvalue weighted by atomic mass is 10.0. The highest BCUT2D eigenvalue weighted by molar-refractivity contribution is 5.92. The molecule has 0 bridgehead atoms. The van der Waals surface area contributed by atoms with Crippen LogP contribution in [0, 0.1) is 12.7 Å². The molecular weight excluding hydrogens is 337 g/mol. The minimum absolute atomic E-state index is 0.0100. The SMILES string of the molecule is Cc1cc(C(=O)NC2CCN(C(=O)/C=C\c3cccc(F)c3)CC2)on1. The normalized spacial score (nSPS) is 15.4. The first-order valence-electron chi connectivity index (χ1n) is 8.48. The van der Waals surface area contributed by atoms with Crippen LogP contribution >= 0.6 is 0 Å². The Balaban J connectivity index is 1.48. The van der Waals surface area contributed by atoms with Crippen molar-refractivity contribution in [3.63, 3.8) is 0 Å². The molecule has 0 unspecified atom stereocenters. The molecule has 2 aromatic rings. The van der Waals surface area contributed by atoms with Gasteiger partial charge in [0.1, 0.15) is 5.82 Å². The van der Waals surface area contributed by atoms with Crippen molar-refractivity contribution in [2.45, 2.75) is 25.8 Å². The molecule has 0 radical (unpaired) electrons. The first-order valence-corrected chi connectivity index (χ1v) is 8.48. The predicted molar refractivity (Wildman–Crippen MR) is 93.7 cm³/mol. The summed E-state index contributed by atoms with van der Waals surface area (Å²) in [4.78, 5) is 26.0. The molecule has 7 heteroatoms. The quantitative estimate of drug-likeness (QED) is 0.854. The molecule has 3 rings (SSSR count). The fourth-order valence-electron chi connectivity index (χ4n) is 2.85. The van der Waals surface area contributed by atoms with E-state index in [1.165, 1.54) is 18.2 Å². The number of piperidine rings is 1. The molecule has 1 aromatic carbocycles. The Kier molecular flexibility index (Phi) is 5.46. The van der Waals surface area contributed by atoms with E-state index in [2.05, 4.69) is 10.5 Å². The average molecular weight is 357 g/mol. The van der Waals surface area contributed by atoms with Gasteiger partial charge in [0.2, 0.25) is 11.7 Å². The molecule has 136 valence electrons. The van der Waals surface area contributed by atoms with Gasteiger partial charge in [-0.2, -0.15) is 0 Å². The van der Waals surface area contributed by atoms with Crippen molar-refractivity contribution in [3.05, 3.63) is 59.2 Å². The van der Waals surface area contributed by atoms with E-state index < -0.39 is 0 Å². The number of nitrogens with zero attached hydrogens (tertiary/aromatic N) is 2. The van der Waals surface area contributed by atoms with Crippen molar-refractivity contribution in [2.75, 3.05) is 13.1 Å². The highest BCUT2D eigenvalue weighted by atomic mass is 19.1. The third-order valence-corrected chi connectivity index (χ3v) is 4.26. The van der Waals surface area contributed by atoms with E-state index in [-0.39, 0.29) is 29.4 Å². The molecule has 6 nitrogen and oxygen atoms in total. The van der Waals surface area contributed by atoms with Crippen LogP contribution in [0.15, 0.2) is 40.9 Å². The third-order valence-electron chi connectivity index (χ3n) is 4.26. The van der Waals surface area contributed by atoms with Crippen molar-refractivity contribution in [1.82, 2.24) is 15.4 Å². The van der Waals surface area contributed by atoms with E-state index in [9.17, 15) is 14.0 Å². The van der Waals surface area contributed by atoms with Gasteiger partial charge in [0.25, 0.3) is 5.91 Å². The molecule has 1 aromatic heterocycles. The smallest absolute Gasteiger partial charge is 0.290 e. The lowest BCUT2D eigenvalue weighted by Gasteiger charge is -2.31. The number of nitrogens with one attached hydrogen (secondary N) is 1. The average Bonchev–Trinajstić information content (AvgIpc) is 3.07. The molecule has 26 heavy (non-hydrogen) atoms. The number of hydrogen-bond acceptors (Lipinski definition) is 4. The van der Waals surface area contributed by atoms with E-state index in [0.717, 1.165) is 0 Å². The van der Waals surface area contributed by atoms with E-state index in [4.69, 9.17) is 4.52 Å². The van der Waals surface area contributed by atoms with Crippen molar-refractivity contribution >= 4 is 17.9 Å². The maximum absolute atomic E-state index is 13.1. The number of rotatable bonds is 4. The number of halogens is 1. The minimum atomic E-state index is -0.335. The second-order valence-electron chi connectivity index (χ2n) is 6.29. The van der Waals surface area contributed by atoms with Crippen LogP contribution in [0.5, 0.6) is 0 Å². The summed E-state index contributed by atoms with van der Waals surface area (Å²) in [5.41, 5.74) is 1.29. The van der Waals surface area contributed by atoms with E-state index >= 15 is 0 Å². The highest BCUT2D eigenvalue weighted by Gasteiger charge is 2.24. The number of carbonyl (C=O) groups is 2. The molecule has 0 aliphatic carbocycles. The minimum Gasteiger partial charge on any atom is -0.351 e. The van der Waals surface area contributed by atoms with E-state index in [1.807, 2.05) is 0 Å². The first-order chi connectivity index (χ1) is 12.5. The van der Waals surface area contributed by atoms with Crippen molar-refractivity contribution in [2.24, 2.45) is 0 Å². The van der Waals surface area contributed by atoms with E-state index in [0.29, 0.717) is 37.2 Å². The van der Waals surface area contributed by atoms with Crippen LogP contribution in [0.2, 0.25) is 0 Å². The van der Waals surface area contributed by atoms with Gasteiger partial charge in [-0.1, -0.05) is 17.3 Å². The van der Waals surface area contributed by atoms with Gasteiger partial charge in [-0.05, 0) is 43.5 Å². The molecule has 1 aliphatic heterocycles. The molecule has 0 atom stereocenters. The van der Waals surface area contributed by atoms with Crippen LogP contribution in [-0.2, 0) is 4.79 Å². The Hall–Kier alpha value is -2.96. The Bertz CT molecular complexity index is 823. The zero-order valence-corrected chi connectivity index (χ0v) is 14.4. The van der Waals surface area contributed by atoms with Crippen LogP contribution in [0.3, 0.4) is 0 Å². The Morgan fingerprint density at radius 3 is 2.73 bits per heavy atom. The summed E-state index contributed by atoms with van der Waals surface area (Å²) in [6.45, 7) is 2.85. The second kappa shape index (κ2) is 7.95. The highest BCUT2D eigenvalue weighted by Crippen LogP contribution is 2.13. The Labute approximate surface area is 150 Å². The number of carbonyl (C=O) groups excluding carboxylic acids is 2. The van der Waals surface area contributed by atoms with Crippen LogP contribution < -0.4 is 5.32 Å². The van der Waals surface area contributed by atoms with Crippen LogP contribution in [-0.4, -0.2) is 41.0 Å². The van der Waals surface area contributed by atoms with Crippen LogP contribution in [0.1, 0.15) is 34.7 Å². The fourth-order valence-corrected chi connectivity index (χ4v) is 2.85. The summed E-state index contributed by atoms with van der Waals surface area (Å²) >= 11 is 0. The molecule has 1 aliphatic rings. The monoisotopic (exact) mass is 357 g/mol. The molecule has 0 saturated carbocycles. The van der Waals surface area contributed by atoms with Gasteiger partial charge in [0, 0.05) is 31.3 Å². The van der Waals surface area contributed by atoms with Crippen molar-refractivity contribution in [3.8, 4) is 0 Å². The zero-order chi connectivity index (χ0) is 18.5. The first kappa shape index (κ1) is 17.8. The zero-order valence-electron chi connectivity index (χ0n) is 14.4. The molecular formula is C19H20FN3O3. The largest absolute Gasteiger partial charge is 0.351 e. The molecule has 1 saturated heterocycles. The fraction of sp³-hybridized carbons (Fsp3) is 0.316. The number of hydrogen-bond donors (Lipinski definition) is 1. The van der Waals surface area contributed by atoms with Crippen LogP contribution in [0.4, 0.5) is 4.39 Å². The topological polar surface area (TPSA) is 75.4 Å². The lowest BCUT2D eigenvalue weighted by Crippen LogP contribution is -2.46. The van der Waals surface area contributed by atoms with Gasteiger partial charge >= 0.3 is 0 Å². The van der Waals surface area contributed by atoms with Gasteiger partial charge in [0.15, 0.2) is 0 Å².